The number of hydrogen-bond donors (Lipinski definition) is 0. The fraction of sp³-hybridized carbons (Fsp3) is 0.400. The number of halogens is 1. The molecule has 0 saturated carbocycles. The lowest BCUT2D eigenvalue weighted by molar-refractivity contribution is 0.122. The van der Waals surface area contributed by atoms with Gasteiger partial charge in [0.1, 0.15) is 11.2 Å². The van der Waals surface area contributed by atoms with Crippen molar-refractivity contribution in [1.29, 1.82) is 0 Å². The van der Waals surface area contributed by atoms with Crippen molar-refractivity contribution in [2.24, 2.45) is 0 Å². The topological polar surface area (TPSA) is 110 Å². The van der Waals surface area contributed by atoms with Crippen LogP contribution < -0.4 is 9.80 Å². The van der Waals surface area contributed by atoms with E-state index in [0.717, 1.165) is 0 Å². The van der Waals surface area contributed by atoms with E-state index in [1.54, 1.807) is 41.5 Å². The second-order valence-corrected chi connectivity index (χ2v) is 9.94. The number of piperazine rings is 1. The summed E-state index contributed by atoms with van der Waals surface area (Å²) in [5.74, 6) is 1.54. The summed E-state index contributed by atoms with van der Waals surface area (Å²) in [6, 6.07) is 6.50. The Bertz CT molecular complexity index is 1210. The normalized spacial score (nSPS) is 18.0. The molecule has 174 valence electrons. The number of hydrogen-bond acceptors (Lipinski definition) is 9. The standard InChI is InChI=1S/C20H23ClN8O3S/c21-16-3-1-2-4-17(16)33(30,31)29-9-7-26(8-10-29)18-23-19(27-11-13-32-14-12-27)25-20(24-18)28-6-5-22-15-28/h1-6,15H,7-14H2. The Morgan fingerprint density at radius 1 is 0.848 bits per heavy atom. The molecule has 0 aliphatic carbocycles. The minimum atomic E-state index is -3.68. The van der Waals surface area contributed by atoms with Crippen LogP contribution in [0.4, 0.5) is 11.9 Å². The van der Waals surface area contributed by atoms with Crippen LogP contribution in [0.15, 0.2) is 47.9 Å². The minimum absolute atomic E-state index is 0.122. The Hall–Kier alpha value is -2.80. The van der Waals surface area contributed by atoms with Gasteiger partial charge >= 0.3 is 0 Å². The predicted octanol–water partition coefficient (Wildman–Crippen LogP) is 1.06. The second-order valence-electron chi connectivity index (χ2n) is 7.63. The van der Waals surface area contributed by atoms with Gasteiger partial charge in [-0.25, -0.2) is 13.4 Å². The van der Waals surface area contributed by atoms with E-state index in [4.69, 9.17) is 21.3 Å². The molecule has 0 N–H and O–H groups in total. The van der Waals surface area contributed by atoms with E-state index in [0.29, 0.717) is 70.3 Å². The van der Waals surface area contributed by atoms with Gasteiger partial charge in [0.25, 0.3) is 0 Å². The van der Waals surface area contributed by atoms with Crippen LogP contribution in [0.3, 0.4) is 0 Å². The lowest BCUT2D eigenvalue weighted by Crippen LogP contribution is -2.49. The number of imidazole rings is 1. The van der Waals surface area contributed by atoms with Gasteiger partial charge < -0.3 is 14.5 Å². The van der Waals surface area contributed by atoms with Gasteiger partial charge in [-0.05, 0) is 12.1 Å². The van der Waals surface area contributed by atoms with E-state index in [-0.39, 0.29) is 9.92 Å². The number of benzene rings is 1. The van der Waals surface area contributed by atoms with Crippen LogP contribution in [-0.4, -0.2) is 89.7 Å². The van der Waals surface area contributed by atoms with E-state index < -0.39 is 10.0 Å². The first kappa shape index (κ1) is 22.0. The molecule has 2 aromatic heterocycles. The second kappa shape index (κ2) is 9.21. The molecule has 13 heteroatoms. The molecular formula is C20H23ClN8O3S. The zero-order chi connectivity index (χ0) is 22.8. The van der Waals surface area contributed by atoms with Crippen molar-refractivity contribution in [2.75, 3.05) is 62.3 Å². The number of nitrogens with zero attached hydrogens (tertiary/aromatic N) is 8. The highest BCUT2D eigenvalue weighted by Crippen LogP contribution is 2.26. The van der Waals surface area contributed by atoms with Gasteiger partial charge in [-0.1, -0.05) is 23.7 Å². The van der Waals surface area contributed by atoms with Gasteiger partial charge in [0.05, 0.1) is 18.2 Å². The predicted molar refractivity (Wildman–Crippen MR) is 122 cm³/mol. The van der Waals surface area contributed by atoms with Crippen LogP contribution in [0.1, 0.15) is 0 Å². The molecule has 1 aromatic carbocycles. The quantitative estimate of drug-likeness (QED) is 0.518. The van der Waals surface area contributed by atoms with E-state index >= 15 is 0 Å². The van der Waals surface area contributed by atoms with Crippen LogP contribution in [-0.2, 0) is 14.8 Å². The Balaban J connectivity index is 1.39. The molecule has 33 heavy (non-hydrogen) atoms. The molecule has 0 atom stereocenters. The van der Waals surface area contributed by atoms with Crippen molar-refractivity contribution < 1.29 is 13.2 Å². The van der Waals surface area contributed by atoms with E-state index in [1.807, 2.05) is 4.90 Å². The number of ether oxygens (including phenoxy) is 1. The molecular weight excluding hydrogens is 468 g/mol. The third-order valence-corrected chi connectivity index (χ3v) is 8.00. The van der Waals surface area contributed by atoms with Crippen LogP contribution in [0, 0.1) is 0 Å². The summed E-state index contributed by atoms with van der Waals surface area (Å²) < 4.78 is 34.8. The molecule has 2 fully saturated rings. The van der Waals surface area contributed by atoms with Gasteiger partial charge in [0, 0.05) is 51.7 Å². The average Bonchev–Trinajstić information content (AvgIpc) is 3.40. The Labute approximate surface area is 196 Å². The molecule has 2 saturated heterocycles. The number of sulfonamides is 1. The summed E-state index contributed by atoms with van der Waals surface area (Å²) in [6.07, 6.45) is 5.07. The summed E-state index contributed by atoms with van der Waals surface area (Å²) in [6.45, 7) is 4.09. The molecule has 3 aromatic rings. The molecule has 2 aliphatic rings. The average molecular weight is 491 g/mol. The van der Waals surface area contributed by atoms with Crippen LogP contribution in [0.5, 0.6) is 0 Å². The van der Waals surface area contributed by atoms with Crippen LogP contribution in [0.2, 0.25) is 5.02 Å². The van der Waals surface area contributed by atoms with E-state index in [2.05, 4.69) is 19.9 Å². The summed E-state index contributed by atoms with van der Waals surface area (Å²) >= 11 is 6.15. The third-order valence-electron chi connectivity index (χ3n) is 5.61. The Morgan fingerprint density at radius 3 is 2.12 bits per heavy atom. The summed E-state index contributed by atoms with van der Waals surface area (Å²) in [4.78, 5) is 22.2. The maximum absolute atomic E-state index is 13.1. The molecule has 11 nitrogen and oxygen atoms in total. The SMILES string of the molecule is O=S(=O)(c1ccccc1Cl)N1CCN(c2nc(N3CCOCC3)nc(-n3ccnc3)n2)CC1. The minimum Gasteiger partial charge on any atom is -0.378 e. The molecule has 0 bridgehead atoms. The number of morpholine rings is 1. The fourth-order valence-electron chi connectivity index (χ4n) is 3.80. The monoisotopic (exact) mass is 490 g/mol. The largest absolute Gasteiger partial charge is 0.378 e. The number of aromatic nitrogens is 5. The molecule has 4 heterocycles. The first-order chi connectivity index (χ1) is 16.0. The zero-order valence-electron chi connectivity index (χ0n) is 17.8. The Kier molecular flexibility index (Phi) is 6.15. The highest BCUT2D eigenvalue weighted by atomic mass is 35.5. The van der Waals surface area contributed by atoms with Gasteiger partial charge in [-0.3, -0.25) is 4.57 Å². The van der Waals surface area contributed by atoms with Gasteiger partial charge in [0.15, 0.2) is 0 Å². The maximum atomic E-state index is 13.1. The summed E-state index contributed by atoms with van der Waals surface area (Å²) in [5, 5.41) is 0.220. The van der Waals surface area contributed by atoms with E-state index in [1.165, 1.54) is 10.4 Å². The molecule has 0 spiro atoms. The molecule has 0 unspecified atom stereocenters. The molecule has 2 aliphatic heterocycles. The summed E-state index contributed by atoms with van der Waals surface area (Å²) in [5.41, 5.74) is 0. The smallest absolute Gasteiger partial charge is 0.244 e. The van der Waals surface area contributed by atoms with Crippen molar-refractivity contribution in [2.45, 2.75) is 4.90 Å². The summed E-state index contributed by atoms with van der Waals surface area (Å²) in [7, 11) is -3.68. The number of anilines is 2. The first-order valence-electron chi connectivity index (χ1n) is 10.6. The lowest BCUT2D eigenvalue weighted by Gasteiger charge is -2.34. The van der Waals surface area contributed by atoms with Crippen molar-refractivity contribution >= 4 is 33.5 Å². The highest BCUT2D eigenvalue weighted by molar-refractivity contribution is 7.89. The number of rotatable bonds is 5. The van der Waals surface area contributed by atoms with Gasteiger partial charge in [0.2, 0.25) is 27.9 Å². The fourth-order valence-corrected chi connectivity index (χ4v) is 5.72. The van der Waals surface area contributed by atoms with E-state index in [9.17, 15) is 8.42 Å². The zero-order valence-corrected chi connectivity index (χ0v) is 19.4. The maximum Gasteiger partial charge on any atom is 0.244 e. The molecule has 0 radical (unpaired) electrons. The van der Waals surface area contributed by atoms with Crippen molar-refractivity contribution in [3.63, 3.8) is 0 Å². The van der Waals surface area contributed by atoms with Crippen molar-refractivity contribution in [3.8, 4) is 5.95 Å². The van der Waals surface area contributed by atoms with Crippen molar-refractivity contribution in [3.05, 3.63) is 48.0 Å². The van der Waals surface area contributed by atoms with Crippen LogP contribution >= 0.6 is 11.6 Å². The van der Waals surface area contributed by atoms with Gasteiger partial charge in [-0.15, -0.1) is 0 Å². The molecule has 0 amide bonds. The Morgan fingerprint density at radius 2 is 1.48 bits per heavy atom. The first-order valence-corrected chi connectivity index (χ1v) is 12.4. The van der Waals surface area contributed by atoms with Crippen LogP contribution in [0.25, 0.3) is 5.95 Å². The lowest BCUT2D eigenvalue weighted by atomic mass is 10.4. The van der Waals surface area contributed by atoms with Crippen molar-refractivity contribution in [1.82, 2.24) is 28.8 Å². The highest BCUT2D eigenvalue weighted by Gasteiger charge is 2.31. The van der Waals surface area contributed by atoms with Gasteiger partial charge in [-0.2, -0.15) is 19.3 Å². The molecule has 5 rings (SSSR count). The third kappa shape index (κ3) is 4.51.